The van der Waals surface area contributed by atoms with Gasteiger partial charge >= 0.3 is 5.97 Å². The highest BCUT2D eigenvalue weighted by Gasteiger charge is 2.48. The van der Waals surface area contributed by atoms with Gasteiger partial charge in [0.2, 0.25) is 5.91 Å². The number of hydrogen-bond acceptors (Lipinski definition) is 3. The third-order valence-electron chi connectivity index (χ3n) is 5.18. The zero-order valence-electron chi connectivity index (χ0n) is 11.6. The van der Waals surface area contributed by atoms with E-state index in [1.54, 1.807) is 6.92 Å². The first-order chi connectivity index (χ1) is 8.94. The van der Waals surface area contributed by atoms with Crippen molar-refractivity contribution in [2.75, 3.05) is 6.54 Å². The maximum absolute atomic E-state index is 12.5. The number of carbonyl (C=O) groups is 2. The first-order valence-electron chi connectivity index (χ1n) is 7.19. The average molecular weight is 268 g/mol. The molecule has 5 heteroatoms. The number of nitrogens with two attached hydrogens (primary N) is 1. The van der Waals surface area contributed by atoms with Crippen molar-refractivity contribution in [1.29, 1.82) is 0 Å². The van der Waals surface area contributed by atoms with Gasteiger partial charge in [-0.2, -0.15) is 0 Å². The predicted molar refractivity (Wildman–Crippen MR) is 71.5 cm³/mol. The van der Waals surface area contributed by atoms with Gasteiger partial charge in [-0.05, 0) is 32.6 Å². The van der Waals surface area contributed by atoms with Crippen molar-refractivity contribution in [3.8, 4) is 0 Å². The number of hydrogen-bond donors (Lipinski definition) is 3. The van der Waals surface area contributed by atoms with Crippen LogP contribution in [0.15, 0.2) is 0 Å². The van der Waals surface area contributed by atoms with Gasteiger partial charge < -0.3 is 16.2 Å². The molecule has 2 unspecified atom stereocenters. The van der Waals surface area contributed by atoms with Crippen LogP contribution >= 0.6 is 0 Å². The van der Waals surface area contributed by atoms with E-state index in [-0.39, 0.29) is 11.9 Å². The van der Waals surface area contributed by atoms with Crippen molar-refractivity contribution in [3.05, 3.63) is 0 Å². The summed E-state index contributed by atoms with van der Waals surface area (Å²) in [6.45, 7) is 2.09. The lowest BCUT2D eigenvalue weighted by Crippen LogP contribution is -2.53. The summed E-state index contributed by atoms with van der Waals surface area (Å²) >= 11 is 0. The van der Waals surface area contributed by atoms with Crippen LogP contribution in [0, 0.1) is 10.8 Å². The molecule has 2 rings (SSSR count). The standard InChI is InChI=1S/C14H24N2O3/c1-13(12(18)19)6-4-5-10(13)16-11(17)14(9-15)7-2-3-8-14/h10H,2-9,15H2,1H3,(H,16,17)(H,18,19). The summed E-state index contributed by atoms with van der Waals surface area (Å²) in [5, 5.41) is 12.4. The minimum atomic E-state index is -0.829. The molecule has 0 spiro atoms. The maximum atomic E-state index is 12.5. The number of carbonyl (C=O) groups excluding carboxylic acids is 1. The summed E-state index contributed by atoms with van der Waals surface area (Å²) in [7, 11) is 0. The number of aliphatic carboxylic acids is 1. The van der Waals surface area contributed by atoms with Crippen molar-refractivity contribution in [2.24, 2.45) is 16.6 Å². The molecule has 19 heavy (non-hydrogen) atoms. The Bertz CT molecular complexity index is 377. The van der Waals surface area contributed by atoms with Crippen LogP contribution in [0.3, 0.4) is 0 Å². The van der Waals surface area contributed by atoms with Gasteiger partial charge in [0.1, 0.15) is 0 Å². The van der Waals surface area contributed by atoms with E-state index in [0.717, 1.165) is 38.5 Å². The molecule has 5 nitrogen and oxygen atoms in total. The van der Waals surface area contributed by atoms with Crippen molar-refractivity contribution < 1.29 is 14.7 Å². The van der Waals surface area contributed by atoms with E-state index >= 15 is 0 Å². The molecular weight excluding hydrogens is 244 g/mol. The van der Waals surface area contributed by atoms with Crippen molar-refractivity contribution in [2.45, 2.75) is 57.9 Å². The van der Waals surface area contributed by atoms with E-state index in [1.165, 1.54) is 0 Å². The molecule has 0 bridgehead atoms. The van der Waals surface area contributed by atoms with E-state index in [2.05, 4.69) is 5.32 Å². The Morgan fingerprint density at radius 3 is 2.42 bits per heavy atom. The first kappa shape index (κ1) is 14.3. The zero-order valence-corrected chi connectivity index (χ0v) is 11.6. The zero-order chi connectivity index (χ0) is 14.1. The molecule has 0 heterocycles. The van der Waals surface area contributed by atoms with Gasteiger partial charge in [-0.1, -0.05) is 19.3 Å². The van der Waals surface area contributed by atoms with Crippen LogP contribution in [0.5, 0.6) is 0 Å². The highest BCUT2D eigenvalue weighted by atomic mass is 16.4. The van der Waals surface area contributed by atoms with Crippen LogP contribution in [-0.2, 0) is 9.59 Å². The quantitative estimate of drug-likeness (QED) is 0.715. The summed E-state index contributed by atoms with van der Waals surface area (Å²) in [4.78, 5) is 23.9. The second kappa shape index (κ2) is 5.12. The SMILES string of the molecule is CC1(C(=O)O)CCCC1NC(=O)C1(CN)CCCC1. The molecule has 0 radical (unpaired) electrons. The van der Waals surface area contributed by atoms with Crippen LogP contribution in [-0.4, -0.2) is 29.6 Å². The fraction of sp³-hybridized carbons (Fsp3) is 0.857. The van der Waals surface area contributed by atoms with E-state index in [4.69, 9.17) is 5.73 Å². The van der Waals surface area contributed by atoms with E-state index < -0.39 is 16.8 Å². The Balaban J connectivity index is 2.08. The Hall–Kier alpha value is -1.10. The van der Waals surface area contributed by atoms with Gasteiger partial charge in [-0.25, -0.2) is 0 Å². The topological polar surface area (TPSA) is 92.4 Å². The van der Waals surface area contributed by atoms with Gasteiger partial charge in [0.05, 0.1) is 10.8 Å². The molecule has 2 saturated carbocycles. The predicted octanol–water partition coefficient (Wildman–Crippen LogP) is 1.27. The molecule has 0 aliphatic heterocycles. The van der Waals surface area contributed by atoms with Gasteiger partial charge in [0.25, 0.3) is 0 Å². The molecule has 1 amide bonds. The van der Waals surface area contributed by atoms with E-state index in [9.17, 15) is 14.7 Å². The molecule has 0 aromatic carbocycles. The van der Waals surface area contributed by atoms with Crippen molar-refractivity contribution >= 4 is 11.9 Å². The van der Waals surface area contributed by atoms with Gasteiger partial charge in [-0.15, -0.1) is 0 Å². The Labute approximate surface area is 113 Å². The van der Waals surface area contributed by atoms with Crippen LogP contribution in [0.2, 0.25) is 0 Å². The van der Waals surface area contributed by atoms with Gasteiger partial charge in [0.15, 0.2) is 0 Å². The number of carboxylic acids is 1. The molecule has 2 aliphatic carbocycles. The van der Waals surface area contributed by atoms with E-state index in [0.29, 0.717) is 13.0 Å². The third-order valence-corrected chi connectivity index (χ3v) is 5.18. The van der Waals surface area contributed by atoms with E-state index in [1.807, 2.05) is 0 Å². The molecule has 2 aliphatic rings. The average Bonchev–Trinajstić information content (AvgIpc) is 2.98. The highest BCUT2D eigenvalue weighted by molar-refractivity contribution is 5.85. The molecule has 4 N–H and O–H groups in total. The Kier molecular flexibility index (Phi) is 3.85. The smallest absolute Gasteiger partial charge is 0.311 e. The van der Waals surface area contributed by atoms with Crippen LogP contribution in [0.25, 0.3) is 0 Å². The van der Waals surface area contributed by atoms with Crippen LogP contribution in [0.1, 0.15) is 51.9 Å². The summed E-state index contributed by atoms with van der Waals surface area (Å²) < 4.78 is 0. The maximum Gasteiger partial charge on any atom is 0.311 e. The molecule has 108 valence electrons. The van der Waals surface area contributed by atoms with Crippen LogP contribution in [0.4, 0.5) is 0 Å². The van der Waals surface area contributed by atoms with Crippen molar-refractivity contribution in [3.63, 3.8) is 0 Å². The molecule has 2 fully saturated rings. The lowest BCUT2D eigenvalue weighted by Gasteiger charge is -2.32. The summed E-state index contributed by atoms with van der Waals surface area (Å²) in [5.41, 5.74) is 4.51. The number of nitrogens with one attached hydrogen (secondary N) is 1. The molecule has 0 aromatic rings. The highest BCUT2D eigenvalue weighted by Crippen LogP contribution is 2.41. The fourth-order valence-electron chi connectivity index (χ4n) is 3.54. The Morgan fingerprint density at radius 2 is 1.89 bits per heavy atom. The molecule has 0 saturated heterocycles. The number of amides is 1. The fourth-order valence-corrected chi connectivity index (χ4v) is 3.54. The second-order valence-corrected chi connectivity index (χ2v) is 6.33. The summed E-state index contributed by atoms with van der Waals surface area (Å²) in [6, 6.07) is -0.262. The number of rotatable bonds is 4. The molecular formula is C14H24N2O3. The van der Waals surface area contributed by atoms with Crippen LogP contribution < -0.4 is 11.1 Å². The minimum absolute atomic E-state index is 0.0353. The monoisotopic (exact) mass is 268 g/mol. The van der Waals surface area contributed by atoms with Gasteiger partial charge in [0, 0.05) is 12.6 Å². The number of carboxylic acid groups (broad SMARTS) is 1. The Morgan fingerprint density at radius 1 is 1.26 bits per heavy atom. The lowest BCUT2D eigenvalue weighted by atomic mass is 9.81. The summed E-state index contributed by atoms with van der Waals surface area (Å²) in [5.74, 6) is -0.851. The second-order valence-electron chi connectivity index (χ2n) is 6.33. The normalized spacial score (nSPS) is 33.3. The third kappa shape index (κ3) is 2.36. The van der Waals surface area contributed by atoms with Gasteiger partial charge in [-0.3, -0.25) is 9.59 Å². The lowest BCUT2D eigenvalue weighted by molar-refractivity contribution is -0.149. The molecule has 0 aromatic heterocycles. The largest absolute Gasteiger partial charge is 0.481 e. The first-order valence-corrected chi connectivity index (χ1v) is 7.19. The molecule has 2 atom stereocenters. The summed E-state index contributed by atoms with van der Waals surface area (Å²) in [6.07, 6.45) is 5.94. The van der Waals surface area contributed by atoms with Crippen molar-refractivity contribution in [1.82, 2.24) is 5.32 Å². The minimum Gasteiger partial charge on any atom is -0.481 e.